The van der Waals surface area contributed by atoms with Crippen molar-refractivity contribution in [3.63, 3.8) is 0 Å². The molecule has 1 unspecified atom stereocenters. The van der Waals surface area contributed by atoms with Crippen LogP contribution in [0.4, 0.5) is 0 Å². The molecule has 2 aromatic rings. The molecule has 1 aliphatic rings. The zero-order valence-electron chi connectivity index (χ0n) is 12.3. The first-order valence-electron chi connectivity index (χ1n) is 7.08. The summed E-state index contributed by atoms with van der Waals surface area (Å²) in [6.45, 7) is 1.46. The van der Waals surface area contributed by atoms with Crippen LogP contribution in [-0.2, 0) is 4.79 Å². The van der Waals surface area contributed by atoms with Gasteiger partial charge in [-0.15, -0.1) is 0 Å². The van der Waals surface area contributed by atoms with Gasteiger partial charge >= 0.3 is 0 Å². The number of carbonyl (C=O) groups is 2. The average molecular weight is 302 g/mol. The maximum atomic E-state index is 12.7. The number of nitrogens with zero attached hydrogens (tertiary/aromatic N) is 1. The molecule has 2 heterocycles. The normalized spacial score (nSPS) is 18.4. The molecule has 0 aliphatic carbocycles. The Bertz CT molecular complexity index is 725. The van der Waals surface area contributed by atoms with Crippen LogP contribution in [0.1, 0.15) is 10.5 Å². The number of methoxy groups -OCH3 is 1. The molecule has 1 fully saturated rings. The third-order valence-corrected chi connectivity index (χ3v) is 3.91. The molecule has 1 aliphatic heterocycles. The van der Waals surface area contributed by atoms with Crippen LogP contribution in [-0.4, -0.2) is 54.5 Å². The van der Waals surface area contributed by atoms with Crippen molar-refractivity contribution in [2.75, 3.05) is 26.7 Å². The lowest BCUT2D eigenvalue weighted by atomic mass is 10.1. The van der Waals surface area contributed by atoms with E-state index in [4.69, 9.17) is 10.5 Å². The number of nitrogens with one attached hydrogen (secondary N) is 2. The number of aromatic amines is 1. The predicted molar refractivity (Wildman–Crippen MR) is 81.7 cm³/mol. The largest absolute Gasteiger partial charge is 0.496 e. The number of hydrogen-bond donors (Lipinski definition) is 3. The van der Waals surface area contributed by atoms with Gasteiger partial charge in [0.25, 0.3) is 5.91 Å². The quantitative estimate of drug-likeness (QED) is 0.747. The van der Waals surface area contributed by atoms with Crippen LogP contribution in [0.25, 0.3) is 10.9 Å². The molecule has 116 valence electrons. The monoisotopic (exact) mass is 302 g/mol. The fourth-order valence-corrected chi connectivity index (χ4v) is 2.78. The van der Waals surface area contributed by atoms with Crippen molar-refractivity contribution in [2.45, 2.75) is 6.04 Å². The minimum absolute atomic E-state index is 0.233. The number of nitrogens with two attached hydrogens (primary N) is 1. The van der Waals surface area contributed by atoms with E-state index in [0.29, 0.717) is 31.1 Å². The third kappa shape index (κ3) is 2.39. The predicted octanol–water partition coefficient (Wildman–Crippen LogP) is 0.0758. The molecule has 1 aromatic heterocycles. The van der Waals surface area contributed by atoms with Crippen LogP contribution in [0.15, 0.2) is 24.3 Å². The number of rotatable bonds is 3. The summed E-state index contributed by atoms with van der Waals surface area (Å²) in [4.78, 5) is 28.8. The van der Waals surface area contributed by atoms with Gasteiger partial charge in [-0.2, -0.15) is 0 Å². The standard InChI is InChI=1S/C15H18N4O3/c1-22-13-4-2-3-10-9(13)7-11(18-10)15(21)19-6-5-17-8-12(19)14(16)20/h2-4,7,12,17-18H,5-6,8H2,1H3,(H2,16,20). The lowest BCUT2D eigenvalue weighted by Crippen LogP contribution is -2.58. The van der Waals surface area contributed by atoms with E-state index in [1.54, 1.807) is 13.2 Å². The highest BCUT2D eigenvalue weighted by atomic mass is 16.5. The van der Waals surface area contributed by atoms with Gasteiger partial charge < -0.3 is 25.7 Å². The first-order valence-corrected chi connectivity index (χ1v) is 7.08. The zero-order valence-corrected chi connectivity index (χ0v) is 12.3. The summed E-state index contributed by atoms with van der Waals surface area (Å²) in [5.41, 5.74) is 6.63. The van der Waals surface area contributed by atoms with E-state index in [9.17, 15) is 9.59 Å². The maximum Gasteiger partial charge on any atom is 0.271 e. The number of carbonyl (C=O) groups excluding carboxylic acids is 2. The Morgan fingerprint density at radius 2 is 2.23 bits per heavy atom. The third-order valence-electron chi connectivity index (χ3n) is 3.91. The summed E-state index contributed by atoms with van der Waals surface area (Å²) in [5, 5.41) is 3.90. The summed E-state index contributed by atoms with van der Waals surface area (Å²) < 4.78 is 5.30. The summed E-state index contributed by atoms with van der Waals surface area (Å²) in [5.74, 6) is -0.0441. The molecule has 0 bridgehead atoms. The van der Waals surface area contributed by atoms with Gasteiger partial charge in [-0.1, -0.05) is 6.07 Å². The van der Waals surface area contributed by atoms with Gasteiger partial charge in [0.05, 0.1) is 7.11 Å². The van der Waals surface area contributed by atoms with Crippen LogP contribution >= 0.6 is 0 Å². The van der Waals surface area contributed by atoms with E-state index in [-0.39, 0.29) is 5.91 Å². The van der Waals surface area contributed by atoms with E-state index < -0.39 is 11.9 Å². The molecule has 0 saturated carbocycles. The number of benzene rings is 1. The fourth-order valence-electron chi connectivity index (χ4n) is 2.78. The Morgan fingerprint density at radius 3 is 2.95 bits per heavy atom. The first-order chi connectivity index (χ1) is 10.6. The number of H-pyrrole nitrogens is 1. The molecular formula is C15H18N4O3. The minimum atomic E-state index is -0.630. The molecule has 7 heteroatoms. The molecule has 3 rings (SSSR count). The summed E-state index contributed by atoms with van der Waals surface area (Å²) >= 11 is 0. The molecule has 2 amide bonds. The van der Waals surface area contributed by atoms with Gasteiger partial charge in [-0.3, -0.25) is 9.59 Å². The van der Waals surface area contributed by atoms with Crippen LogP contribution in [0, 0.1) is 0 Å². The van der Waals surface area contributed by atoms with E-state index >= 15 is 0 Å². The van der Waals surface area contributed by atoms with Crippen LogP contribution in [0.3, 0.4) is 0 Å². The molecule has 7 nitrogen and oxygen atoms in total. The maximum absolute atomic E-state index is 12.7. The second-order valence-electron chi connectivity index (χ2n) is 5.23. The lowest BCUT2D eigenvalue weighted by Gasteiger charge is -2.33. The number of primary amides is 1. The topological polar surface area (TPSA) is 100 Å². The van der Waals surface area contributed by atoms with Gasteiger partial charge in [-0.05, 0) is 18.2 Å². The smallest absolute Gasteiger partial charge is 0.271 e. The Hall–Kier alpha value is -2.54. The number of aromatic nitrogens is 1. The summed E-state index contributed by atoms with van der Waals surface area (Å²) in [7, 11) is 1.59. The van der Waals surface area contributed by atoms with Crippen molar-refractivity contribution < 1.29 is 14.3 Å². The molecule has 1 saturated heterocycles. The van der Waals surface area contributed by atoms with E-state index in [2.05, 4.69) is 10.3 Å². The highest BCUT2D eigenvalue weighted by molar-refractivity contribution is 6.01. The highest BCUT2D eigenvalue weighted by Gasteiger charge is 2.31. The Labute approximate surface area is 127 Å². The van der Waals surface area contributed by atoms with Gasteiger partial charge in [0, 0.05) is 30.5 Å². The van der Waals surface area contributed by atoms with Crippen molar-refractivity contribution in [2.24, 2.45) is 5.73 Å². The molecule has 0 spiro atoms. The second-order valence-corrected chi connectivity index (χ2v) is 5.23. The van der Waals surface area contributed by atoms with Crippen molar-refractivity contribution >= 4 is 22.7 Å². The molecule has 1 atom stereocenters. The minimum Gasteiger partial charge on any atom is -0.496 e. The van der Waals surface area contributed by atoms with Gasteiger partial charge in [-0.25, -0.2) is 0 Å². The van der Waals surface area contributed by atoms with Gasteiger partial charge in [0.15, 0.2) is 0 Å². The number of fused-ring (bicyclic) bond motifs is 1. The van der Waals surface area contributed by atoms with Crippen molar-refractivity contribution in [3.05, 3.63) is 30.0 Å². The molecule has 0 radical (unpaired) electrons. The van der Waals surface area contributed by atoms with Crippen LogP contribution < -0.4 is 15.8 Å². The van der Waals surface area contributed by atoms with Gasteiger partial charge in [0.1, 0.15) is 17.5 Å². The van der Waals surface area contributed by atoms with Crippen molar-refractivity contribution in [3.8, 4) is 5.75 Å². The molecule has 22 heavy (non-hydrogen) atoms. The summed E-state index contributed by atoms with van der Waals surface area (Å²) in [6.07, 6.45) is 0. The van der Waals surface area contributed by atoms with Crippen molar-refractivity contribution in [1.29, 1.82) is 0 Å². The lowest BCUT2D eigenvalue weighted by molar-refractivity contribution is -0.122. The van der Waals surface area contributed by atoms with Crippen molar-refractivity contribution in [1.82, 2.24) is 15.2 Å². The number of ether oxygens (including phenoxy) is 1. The van der Waals surface area contributed by atoms with Crippen LogP contribution in [0.2, 0.25) is 0 Å². The van der Waals surface area contributed by atoms with E-state index in [1.807, 2.05) is 18.2 Å². The second kappa shape index (κ2) is 5.69. The average Bonchev–Trinajstić information content (AvgIpc) is 2.98. The molecular weight excluding hydrogens is 284 g/mol. The van der Waals surface area contributed by atoms with Crippen LogP contribution in [0.5, 0.6) is 5.75 Å². The Kier molecular flexibility index (Phi) is 3.72. The Balaban J connectivity index is 1.96. The number of amides is 2. The Morgan fingerprint density at radius 1 is 1.41 bits per heavy atom. The molecule has 4 N–H and O–H groups in total. The van der Waals surface area contributed by atoms with E-state index in [1.165, 1.54) is 4.90 Å². The summed E-state index contributed by atoms with van der Waals surface area (Å²) in [6, 6.07) is 6.67. The highest BCUT2D eigenvalue weighted by Crippen LogP contribution is 2.26. The zero-order chi connectivity index (χ0) is 15.7. The molecule has 1 aromatic carbocycles. The van der Waals surface area contributed by atoms with Gasteiger partial charge in [0.2, 0.25) is 5.91 Å². The fraction of sp³-hybridized carbons (Fsp3) is 0.333. The number of hydrogen-bond acceptors (Lipinski definition) is 4. The van der Waals surface area contributed by atoms with E-state index in [0.717, 1.165) is 10.9 Å². The SMILES string of the molecule is COc1cccc2[nH]c(C(=O)N3CCNCC3C(N)=O)cc12. The first kappa shape index (κ1) is 14.4. The number of piperazine rings is 1.